The van der Waals surface area contributed by atoms with Gasteiger partial charge in [-0.3, -0.25) is 0 Å². The van der Waals surface area contributed by atoms with E-state index in [-0.39, 0.29) is 0 Å². The summed E-state index contributed by atoms with van der Waals surface area (Å²) in [5.41, 5.74) is 1.08. The van der Waals surface area contributed by atoms with Crippen molar-refractivity contribution >= 4 is 11.6 Å². The van der Waals surface area contributed by atoms with Crippen molar-refractivity contribution in [1.29, 1.82) is 0 Å². The monoisotopic (exact) mass is 257 g/mol. The van der Waals surface area contributed by atoms with Crippen molar-refractivity contribution in [3.05, 3.63) is 23.1 Å². The Morgan fingerprint density at radius 3 is 2.82 bits per heavy atom. The molecule has 2 heterocycles. The molecule has 1 aliphatic heterocycles. The number of hydrogen-bond donors (Lipinski definition) is 1. The molecule has 1 saturated heterocycles. The van der Waals surface area contributed by atoms with Crippen molar-refractivity contribution in [3.63, 3.8) is 0 Å². The summed E-state index contributed by atoms with van der Waals surface area (Å²) in [5.74, 6) is 0.721. The van der Waals surface area contributed by atoms with Crippen LogP contribution in [0.2, 0.25) is 5.22 Å². The third-order valence-corrected chi connectivity index (χ3v) is 3.69. The minimum atomic E-state index is 0.300. The van der Waals surface area contributed by atoms with E-state index in [4.69, 9.17) is 20.8 Å². The van der Waals surface area contributed by atoms with Gasteiger partial charge in [0.05, 0.1) is 6.26 Å². The Bertz CT molecular complexity index is 334. The summed E-state index contributed by atoms with van der Waals surface area (Å²) in [6.45, 7) is 4.84. The lowest BCUT2D eigenvalue weighted by molar-refractivity contribution is 0.0605. The lowest BCUT2D eigenvalue weighted by atomic mass is 9.90. The molecule has 1 aliphatic rings. The molecule has 1 aromatic heterocycles. The summed E-state index contributed by atoms with van der Waals surface area (Å²) in [7, 11) is 0. The number of halogens is 1. The molecule has 3 nitrogen and oxygen atoms in total. The van der Waals surface area contributed by atoms with Gasteiger partial charge in [-0.05, 0) is 49.4 Å². The van der Waals surface area contributed by atoms with E-state index >= 15 is 0 Å². The van der Waals surface area contributed by atoms with Crippen LogP contribution in [-0.4, -0.2) is 19.8 Å². The highest BCUT2D eigenvalue weighted by molar-refractivity contribution is 6.29. The van der Waals surface area contributed by atoms with Gasteiger partial charge >= 0.3 is 0 Å². The van der Waals surface area contributed by atoms with E-state index in [1.165, 1.54) is 0 Å². The molecule has 17 heavy (non-hydrogen) atoms. The quantitative estimate of drug-likeness (QED) is 0.878. The fourth-order valence-corrected chi connectivity index (χ4v) is 2.68. The molecule has 1 atom stereocenters. The molecule has 0 amide bonds. The first-order chi connectivity index (χ1) is 8.31. The molecule has 0 aromatic carbocycles. The van der Waals surface area contributed by atoms with Gasteiger partial charge in [0.15, 0.2) is 5.22 Å². The Kier molecular flexibility index (Phi) is 4.89. The van der Waals surface area contributed by atoms with E-state index in [0.29, 0.717) is 11.3 Å². The summed E-state index contributed by atoms with van der Waals surface area (Å²) in [6.07, 6.45) is 5.07. The van der Waals surface area contributed by atoms with E-state index in [1.807, 2.05) is 6.07 Å². The van der Waals surface area contributed by atoms with Crippen molar-refractivity contribution in [2.45, 2.75) is 32.2 Å². The minimum absolute atomic E-state index is 0.300. The zero-order valence-electron chi connectivity index (χ0n) is 10.2. The molecule has 0 spiro atoms. The third kappa shape index (κ3) is 3.47. The maximum atomic E-state index is 6.06. The molecule has 1 aromatic rings. The van der Waals surface area contributed by atoms with E-state index in [1.54, 1.807) is 6.26 Å². The van der Waals surface area contributed by atoms with Crippen molar-refractivity contribution in [2.24, 2.45) is 5.92 Å². The SMILES string of the molecule is CCNC(CC1CCOCC1)c1ccoc1Cl. The lowest BCUT2D eigenvalue weighted by Crippen LogP contribution is -2.26. The second-order valence-corrected chi connectivity index (χ2v) is 4.89. The van der Waals surface area contributed by atoms with Crippen LogP contribution >= 0.6 is 11.6 Å². The van der Waals surface area contributed by atoms with Crippen LogP contribution in [0.1, 0.15) is 37.8 Å². The van der Waals surface area contributed by atoms with Crippen molar-refractivity contribution < 1.29 is 9.15 Å². The van der Waals surface area contributed by atoms with Gasteiger partial charge in [0.2, 0.25) is 0 Å². The fourth-order valence-electron chi connectivity index (χ4n) is 2.44. The molecule has 0 aliphatic carbocycles. The summed E-state index contributed by atoms with van der Waals surface area (Å²) in [5, 5.41) is 4.00. The maximum Gasteiger partial charge on any atom is 0.197 e. The summed E-state index contributed by atoms with van der Waals surface area (Å²) in [6, 6.07) is 2.27. The fraction of sp³-hybridized carbons (Fsp3) is 0.692. The standard InChI is InChI=1S/C13H20ClNO2/c1-2-15-12(11-5-8-17-13(11)14)9-10-3-6-16-7-4-10/h5,8,10,12,15H,2-4,6-7,9H2,1H3. The number of nitrogens with one attached hydrogen (secondary N) is 1. The van der Waals surface area contributed by atoms with Crippen molar-refractivity contribution in [1.82, 2.24) is 5.32 Å². The Morgan fingerprint density at radius 2 is 2.24 bits per heavy atom. The van der Waals surface area contributed by atoms with Crippen LogP contribution in [0, 0.1) is 5.92 Å². The molecule has 1 unspecified atom stereocenters. The first kappa shape index (κ1) is 12.9. The highest BCUT2D eigenvalue weighted by Crippen LogP contribution is 2.31. The van der Waals surface area contributed by atoms with Gasteiger partial charge in [-0.15, -0.1) is 0 Å². The molecular formula is C13H20ClNO2. The zero-order chi connectivity index (χ0) is 12.1. The van der Waals surface area contributed by atoms with Gasteiger partial charge in [0.25, 0.3) is 0 Å². The molecule has 2 rings (SSSR count). The normalized spacial score (nSPS) is 19.4. The number of hydrogen-bond acceptors (Lipinski definition) is 3. The average molecular weight is 258 g/mol. The maximum absolute atomic E-state index is 6.06. The van der Waals surface area contributed by atoms with Crippen LogP contribution < -0.4 is 5.32 Å². The summed E-state index contributed by atoms with van der Waals surface area (Å²) in [4.78, 5) is 0. The van der Waals surface area contributed by atoms with Gasteiger partial charge < -0.3 is 14.5 Å². The van der Waals surface area contributed by atoms with Crippen LogP contribution in [-0.2, 0) is 4.74 Å². The van der Waals surface area contributed by atoms with Crippen LogP contribution in [0.25, 0.3) is 0 Å². The van der Waals surface area contributed by atoms with E-state index in [0.717, 1.165) is 50.5 Å². The van der Waals surface area contributed by atoms with Crippen molar-refractivity contribution in [2.75, 3.05) is 19.8 Å². The summed E-state index contributed by atoms with van der Waals surface area (Å²) < 4.78 is 10.6. The van der Waals surface area contributed by atoms with E-state index < -0.39 is 0 Å². The van der Waals surface area contributed by atoms with E-state index in [9.17, 15) is 0 Å². The Hall–Kier alpha value is -0.510. The lowest BCUT2D eigenvalue weighted by Gasteiger charge is -2.26. The number of furan rings is 1. The zero-order valence-corrected chi connectivity index (χ0v) is 11.0. The van der Waals surface area contributed by atoms with Crippen LogP contribution in [0.15, 0.2) is 16.7 Å². The van der Waals surface area contributed by atoms with Crippen LogP contribution in [0.3, 0.4) is 0 Å². The van der Waals surface area contributed by atoms with Crippen LogP contribution in [0.4, 0.5) is 0 Å². The minimum Gasteiger partial charge on any atom is -0.453 e. The molecule has 1 fully saturated rings. The van der Waals surface area contributed by atoms with Gasteiger partial charge in [-0.1, -0.05) is 6.92 Å². The predicted molar refractivity (Wildman–Crippen MR) is 68.3 cm³/mol. The highest BCUT2D eigenvalue weighted by Gasteiger charge is 2.22. The first-order valence-electron chi connectivity index (χ1n) is 6.35. The Balaban J connectivity index is 1.99. The van der Waals surface area contributed by atoms with Gasteiger partial charge in [0.1, 0.15) is 0 Å². The topological polar surface area (TPSA) is 34.4 Å². The van der Waals surface area contributed by atoms with E-state index in [2.05, 4.69) is 12.2 Å². The number of rotatable bonds is 5. The Morgan fingerprint density at radius 1 is 1.47 bits per heavy atom. The molecule has 0 saturated carbocycles. The largest absolute Gasteiger partial charge is 0.453 e. The predicted octanol–water partition coefficient (Wildman–Crippen LogP) is 3.40. The summed E-state index contributed by atoms with van der Waals surface area (Å²) >= 11 is 6.06. The molecule has 96 valence electrons. The second kappa shape index (κ2) is 6.43. The molecule has 0 radical (unpaired) electrons. The Labute approximate surface area is 107 Å². The molecule has 4 heteroatoms. The second-order valence-electron chi connectivity index (χ2n) is 4.55. The molecule has 0 bridgehead atoms. The smallest absolute Gasteiger partial charge is 0.197 e. The highest BCUT2D eigenvalue weighted by atomic mass is 35.5. The van der Waals surface area contributed by atoms with Gasteiger partial charge in [-0.2, -0.15) is 0 Å². The first-order valence-corrected chi connectivity index (χ1v) is 6.73. The molecular weight excluding hydrogens is 238 g/mol. The van der Waals surface area contributed by atoms with Crippen molar-refractivity contribution in [3.8, 4) is 0 Å². The van der Waals surface area contributed by atoms with Gasteiger partial charge in [0, 0.05) is 24.8 Å². The van der Waals surface area contributed by atoms with Crippen LogP contribution in [0.5, 0.6) is 0 Å². The third-order valence-electron chi connectivity index (χ3n) is 3.38. The van der Waals surface area contributed by atoms with Gasteiger partial charge in [-0.25, -0.2) is 0 Å². The molecule has 1 N–H and O–H groups in total. The average Bonchev–Trinajstić information content (AvgIpc) is 2.76. The number of ether oxygens (including phenoxy) is 1.